The van der Waals surface area contributed by atoms with Gasteiger partial charge in [0.2, 0.25) is 0 Å². The van der Waals surface area contributed by atoms with Crippen LogP contribution >= 0.6 is 15.9 Å². The molecule has 0 radical (unpaired) electrons. The first kappa shape index (κ1) is 14.8. The highest BCUT2D eigenvalue weighted by molar-refractivity contribution is 9.10. The molecule has 0 bridgehead atoms. The lowest BCUT2D eigenvalue weighted by molar-refractivity contribution is -0.118. The van der Waals surface area contributed by atoms with Gasteiger partial charge in [-0.05, 0) is 35.7 Å². The van der Waals surface area contributed by atoms with Crippen molar-refractivity contribution in [1.82, 2.24) is 0 Å². The number of rotatable bonds is 6. The zero-order valence-corrected chi connectivity index (χ0v) is 13.0. The predicted octanol–water partition coefficient (Wildman–Crippen LogP) is 4.20. The number of carbonyl (C=O) groups is 1. The highest BCUT2D eigenvalue weighted by Crippen LogP contribution is 2.18. The van der Waals surface area contributed by atoms with Crippen molar-refractivity contribution < 1.29 is 9.53 Å². The Kier molecular flexibility index (Phi) is 5.36. The highest BCUT2D eigenvalue weighted by atomic mass is 79.9. The SMILES string of the molecule is COc1ccc(CCC(=O)Cc2ccccc2Br)cc1. The van der Waals surface area contributed by atoms with Crippen molar-refractivity contribution in [2.75, 3.05) is 7.11 Å². The first-order valence-electron chi connectivity index (χ1n) is 6.57. The second-order valence-corrected chi connectivity index (χ2v) is 5.51. The van der Waals surface area contributed by atoms with Crippen LogP contribution in [0, 0.1) is 0 Å². The number of methoxy groups -OCH3 is 1. The molecule has 2 rings (SSSR count). The normalized spacial score (nSPS) is 10.3. The lowest BCUT2D eigenvalue weighted by Crippen LogP contribution is -2.04. The number of Topliss-reactive ketones (excluding diaryl/α,β-unsaturated/α-hetero) is 1. The Hall–Kier alpha value is -1.61. The molecule has 0 unspecified atom stereocenters. The molecule has 0 aliphatic heterocycles. The summed E-state index contributed by atoms with van der Waals surface area (Å²) in [6.45, 7) is 0. The summed E-state index contributed by atoms with van der Waals surface area (Å²) in [7, 11) is 1.65. The number of hydrogen-bond acceptors (Lipinski definition) is 2. The van der Waals surface area contributed by atoms with E-state index >= 15 is 0 Å². The van der Waals surface area contributed by atoms with Gasteiger partial charge in [0.05, 0.1) is 7.11 Å². The number of halogens is 1. The molecule has 0 saturated carbocycles. The molecule has 0 heterocycles. The molecule has 104 valence electrons. The summed E-state index contributed by atoms with van der Waals surface area (Å²) < 4.78 is 6.11. The van der Waals surface area contributed by atoms with Gasteiger partial charge in [-0.15, -0.1) is 0 Å². The Bertz CT molecular complexity index is 576. The number of aryl methyl sites for hydroxylation is 1. The van der Waals surface area contributed by atoms with E-state index in [0.29, 0.717) is 12.8 Å². The van der Waals surface area contributed by atoms with Crippen molar-refractivity contribution in [3.05, 3.63) is 64.1 Å². The molecule has 20 heavy (non-hydrogen) atoms. The van der Waals surface area contributed by atoms with Gasteiger partial charge in [0.1, 0.15) is 11.5 Å². The van der Waals surface area contributed by atoms with Crippen molar-refractivity contribution in [2.45, 2.75) is 19.3 Å². The molecule has 0 saturated heterocycles. The third-order valence-corrected chi connectivity index (χ3v) is 3.97. The van der Waals surface area contributed by atoms with Gasteiger partial charge in [0, 0.05) is 17.3 Å². The van der Waals surface area contributed by atoms with Gasteiger partial charge in [-0.1, -0.05) is 46.3 Å². The van der Waals surface area contributed by atoms with Gasteiger partial charge in [-0.25, -0.2) is 0 Å². The average Bonchev–Trinajstić information content (AvgIpc) is 2.48. The van der Waals surface area contributed by atoms with E-state index < -0.39 is 0 Å². The molecule has 0 fully saturated rings. The van der Waals surface area contributed by atoms with Crippen LogP contribution in [0.25, 0.3) is 0 Å². The van der Waals surface area contributed by atoms with Gasteiger partial charge in [-0.2, -0.15) is 0 Å². The third kappa shape index (κ3) is 4.20. The van der Waals surface area contributed by atoms with Crippen molar-refractivity contribution in [3.63, 3.8) is 0 Å². The average molecular weight is 333 g/mol. The van der Waals surface area contributed by atoms with Crippen molar-refractivity contribution in [3.8, 4) is 5.75 Å². The van der Waals surface area contributed by atoms with Crippen LogP contribution in [0.1, 0.15) is 17.5 Å². The van der Waals surface area contributed by atoms with E-state index in [-0.39, 0.29) is 5.78 Å². The number of ketones is 1. The van der Waals surface area contributed by atoms with E-state index in [0.717, 1.165) is 27.8 Å². The molecule has 0 N–H and O–H groups in total. The van der Waals surface area contributed by atoms with Crippen molar-refractivity contribution in [2.24, 2.45) is 0 Å². The molecule has 0 aliphatic rings. The fourth-order valence-corrected chi connectivity index (χ4v) is 2.44. The first-order chi connectivity index (χ1) is 9.69. The second-order valence-electron chi connectivity index (χ2n) is 4.65. The Morgan fingerprint density at radius 2 is 1.80 bits per heavy atom. The quantitative estimate of drug-likeness (QED) is 0.792. The fourth-order valence-electron chi connectivity index (χ4n) is 2.02. The summed E-state index contributed by atoms with van der Waals surface area (Å²) in [4.78, 5) is 12.0. The standard InChI is InChI=1S/C17H17BrO2/c1-20-16-10-7-13(8-11-16)6-9-15(19)12-14-4-2-3-5-17(14)18/h2-5,7-8,10-11H,6,9,12H2,1H3. The minimum Gasteiger partial charge on any atom is -0.497 e. The van der Waals surface area contributed by atoms with Crippen molar-refractivity contribution >= 4 is 21.7 Å². The molecule has 2 aromatic rings. The van der Waals surface area contributed by atoms with E-state index in [1.54, 1.807) is 7.11 Å². The van der Waals surface area contributed by atoms with Gasteiger partial charge in [-0.3, -0.25) is 4.79 Å². The molecule has 0 aliphatic carbocycles. The summed E-state index contributed by atoms with van der Waals surface area (Å²) in [5, 5.41) is 0. The largest absolute Gasteiger partial charge is 0.497 e. The third-order valence-electron chi connectivity index (χ3n) is 3.20. The first-order valence-corrected chi connectivity index (χ1v) is 7.36. The van der Waals surface area contributed by atoms with Gasteiger partial charge < -0.3 is 4.74 Å². The number of ether oxygens (including phenoxy) is 1. The van der Waals surface area contributed by atoms with Crippen molar-refractivity contribution in [1.29, 1.82) is 0 Å². The Morgan fingerprint density at radius 3 is 2.45 bits per heavy atom. The maximum Gasteiger partial charge on any atom is 0.137 e. The van der Waals surface area contributed by atoms with Crippen LogP contribution in [0.15, 0.2) is 53.0 Å². The van der Waals surface area contributed by atoms with Crippen LogP contribution in [-0.2, 0) is 17.6 Å². The van der Waals surface area contributed by atoms with Crippen LogP contribution in [0.4, 0.5) is 0 Å². The van der Waals surface area contributed by atoms with Crippen LogP contribution < -0.4 is 4.74 Å². The van der Waals surface area contributed by atoms with Crippen LogP contribution in [0.5, 0.6) is 5.75 Å². The van der Waals surface area contributed by atoms with E-state index in [2.05, 4.69) is 15.9 Å². The van der Waals surface area contributed by atoms with E-state index in [1.807, 2.05) is 48.5 Å². The summed E-state index contributed by atoms with van der Waals surface area (Å²) in [5.74, 6) is 1.10. The molecule has 0 spiro atoms. The summed E-state index contributed by atoms with van der Waals surface area (Å²) >= 11 is 3.47. The lowest BCUT2D eigenvalue weighted by Gasteiger charge is -2.05. The van der Waals surface area contributed by atoms with Gasteiger partial charge in [0.25, 0.3) is 0 Å². The fraction of sp³-hybridized carbons (Fsp3) is 0.235. The molecular weight excluding hydrogens is 316 g/mol. The molecular formula is C17H17BrO2. The van der Waals surface area contributed by atoms with E-state index in [4.69, 9.17) is 4.74 Å². The molecule has 0 atom stereocenters. The molecule has 3 heteroatoms. The minimum atomic E-state index is 0.257. The Balaban J connectivity index is 1.87. The monoisotopic (exact) mass is 332 g/mol. The van der Waals surface area contributed by atoms with E-state index in [9.17, 15) is 4.79 Å². The number of hydrogen-bond donors (Lipinski definition) is 0. The topological polar surface area (TPSA) is 26.3 Å². The van der Waals surface area contributed by atoms with Crippen LogP contribution in [-0.4, -0.2) is 12.9 Å². The minimum absolute atomic E-state index is 0.257. The molecule has 2 nitrogen and oxygen atoms in total. The zero-order valence-electron chi connectivity index (χ0n) is 11.4. The number of benzene rings is 2. The smallest absolute Gasteiger partial charge is 0.137 e. The second kappa shape index (κ2) is 7.25. The lowest BCUT2D eigenvalue weighted by atomic mass is 10.0. The molecule has 0 amide bonds. The Morgan fingerprint density at radius 1 is 1.10 bits per heavy atom. The van der Waals surface area contributed by atoms with E-state index in [1.165, 1.54) is 0 Å². The number of carbonyl (C=O) groups excluding carboxylic acids is 1. The highest BCUT2D eigenvalue weighted by Gasteiger charge is 2.07. The van der Waals surface area contributed by atoms with Crippen LogP contribution in [0.2, 0.25) is 0 Å². The summed E-state index contributed by atoms with van der Waals surface area (Å²) in [6.07, 6.45) is 1.82. The zero-order chi connectivity index (χ0) is 14.4. The van der Waals surface area contributed by atoms with Crippen LogP contribution in [0.3, 0.4) is 0 Å². The predicted molar refractivity (Wildman–Crippen MR) is 84.2 cm³/mol. The summed E-state index contributed by atoms with van der Waals surface area (Å²) in [6, 6.07) is 15.7. The maximum absolute atomic E-state index is 12.0. The molecule has 2 aromatic carbocycles. The van der Waals surface area contributed by atoms with Gasteiger partial charge in [0.15, 0.2) is 0 Å². The molecule has 0 aromatic heterocycles. The Labute approximate surface area is 127 Å². The van der Waals surface area contributed by atoms with Gasteiger partial charge >= 0.3 is 0 Å². The maximum atomic E-state index is 12.0. The summed E-state index contributed by atoms with van der Waals surface area (Å²) in [5.41, 5.74) is 2.21.